The van der Waals surface area contributed by atoms with Crippen molar-refractivity contribution in [2.24, 2.45) is 0 Å². The van der Waals surface area contributed by atoms with Crippen molar-refractivity contribution in [3.05, 3.63) is 72.0 Å². The van der Waals surface area contributed by atoms with Crippen LogP contribution in [0.4, 0.5) is 11.5 Å². The Morgan fingerprint density at radius 3 is 2.41 bits per heavy atom. The largest absolute Gasteiger partial charge is 0.360 e. The average Bonchev–Trinajstić information content (AvgIpc) is 3.06. The number of hydrogen-bond acceptors (Lipinski definition) is 5. The van der Waals surface area contributed by atoms with Crippen LogP contribution in [0.2, 0.25) is 0 Å². The molecule has 3 rings (SSSR count). The first-order chi connectivity index (χ1) is 13.1. The lowest BCUT2D eigenvalue weighted by Gasteiger charge is -2.07. The van der Waals surface area contributed by atoms with E-state index in [0.717, 1.165) is 16.1 Å². The Kier molecular flexibility index (Phi) is 6.27. The van der Waals surface area contributed by atoms with Crippen LogP contribution in [0, 0.1) is 6.92 Å². The summed E-state index contributed by atoms with van der Waals surface area (Å²) in [5.74, 6) is 1.08. The van der Waals surface area contributed by atoms with Crippen molar-refractivity contribution in [3.8, 4) is 0 Å². The number of carbonyl (C=O) groups is 2. The fourth-order valence-corrected chi connectivity index (χ4v) is 3.07. The molecule has 0 aliphatic heterocycles. The molecule has 0 aliphatic carbocycles. The summed E-state index contributed by atoms with van der Waals surface area (Å²) >= 11 is 1.40. The molecule has 2 aromatic carbocycles. The quantitative estimate of drug-likeness (QED) is 0.607. The predicted molar refractivity (Wildman–Crippen MR) is 106 cm³/mol. The van der Waals surface area contributed by atoms with Crippen LogP contribution in [0.3, 0.4) is 0 Å². The Morgan fingerprint density at radius 2 is 1.74 bits per heavy atom. The summed E-state index contributed by atoms with van der Waals surface area (Å²) in [4.78, 5) is 24.9. The number of rotatable bonds is 7. The van der Waals surface area contributed by atoms with Crippen molar-refractivity contribution >= 4 is 35.1 Å². The zero-order chi connectivity index (χ0) is 19.1. The highest BCUT2D eigenvalue weighted by atomic mass is 32.2. The number of aromatic nitrogens is 1. The lowest BCUT2D eigenvalue weighted by atomic mass is 10.1. The number of carbonyl (C=O) groups excluding carboxylic acids is 2. The van der Waals surface area contributed by atoms with Crippen molar-refractivity contribution < 1.29 is 14.1 Å². The van der Waals surface area contributed by atoms with Gasteiger partial charge < -0.3 is 15.2 Å². The van der Waals surface area contributed by atoms with Gasteiger partial charge in [-0.1, -0.05) is 35.5 Å². The zero-order valence-corrected chi connectivity index (χ0v) is 15.6. The molecule has 0 saturated heterocycles. The molecular formula is C20H19N3O3S. The summed E-state index contributed by atoms with van der Waals surface area (Å²) in [5.41, 5.74) is 1.69. The Balaban J connectivity index is 1.45. The Hall–Kier alpha value is -3.06. The Labute approximate surface area is 161 Å². The number of amides is 2. The van der Waals surface area contributed by atoms with Crippen LogP contribution in [-0.2, 0) is 16.0 Å². The van der Waals surface area contributed by atoms with Crippen molar-refractivity contribution in [3.63, 3.8) is 0 Å². The number of nitrogens with one attached hydrogen (secondary N) is 2. The van der Waals surface area contributed by atoms with Crippen LogP contribution in [-0.4, -0.2) is 22.7 Å². The molecule has 138 valence electrons. The lowest BCUT2D eigenvalue weighted by molar-refractivity contribution is -0.115. The maximum atomic E-state index is 12.1. The SMILES string of the molecule is Cc1cc(NC(=O)CSc2ccc(NC(=O)Cc3ccccc3)cc2)no1. The summed E-state index contributed by atoms with van der Waals surface area (Å²) < 4.78 is 4.90. The number of nitrogens with zero attached hydrogens (tertiary/aromatic N) is 1. The molecule has 3 aromatic rings. The van der Waals surface area contributed by atoms with Gasteiger partial charge in [0.05, 0.1) is 12.2 Å². The van der Waals surface area contributed by atoms with E-state index in [1.54, 1.807) is 13.0 Å². The molecule has 0 fully saturated rings. The molecule has 0 unspecified atom stereocenters. The molecule has 0 spiro atoms. The van der Waals surface area contributed by atoms with Gasteiger partial charge in [-0.2, -0.15) is 0 Å². The van der Waals surface area contributed by atoms with Crippen LogP contribution in [0.25, 0.3) is 0 Å². The van der Waals surface area contributed by atoms with Gasteiger partial charge in [-0.15, -0.1) is 11.8 Å². The maximum Gasteiger partial charge on any atom is 0.235 e. The fourth-order valence-electron chi connectivity index (χ4n) is 2.37. The highest BCUT2D eigenvalue weighted by molar-refractivity contribution is 8.00. The van der Waals surface area contributed by atoms with E-state index in [2.05, 4.69) is 15.8 Å². The van der Waals surface area contributed by atoms with Crippen LogP contribution in [0.1, 0.15) is 11.3 Å². The van der Waals surface area contributed by atoms with Crippen molar-refractivity contribution in [2.75, 3.05) is 16.4 Å². The van der Waals surface area contributed by atoms with Gasteiger partial charge >= 0.3 is 0 Å². The number of anilines is 2. The van der Waals surface area contributed by atoms with Crippen LogP contribution < -0.4 is 10.6 Å². The van der Waals surface area contributed by atoms with Crippen molar-refractivity contribution in [1.29, 1.82) is 0 Å². The normalized spacial score (nSPS) is 10.4. The molecule has 0 saturated carbocycles. The molecule has 27 heavy (non-hydrogen) atoms. The molecule has 0 aliphatic rings. The molecule has 0 radical (unpaired) electrons. The van der Waals surface area contributed by atoms with E-state index >= 15 is 0 Å². The van der Waals surface area contributed by atoms with Gasteiger partial charge in [-0.05, 0) is 36.8 Å². The predicted octanol–water partition coefficient (Wildman–Crippen LogP) is 3.90. The first-order valence-corrected chi connectivity index (χ1v) is 9.37. The first kappa shape index (κ1) is 18.7. The molecule has 1 aromatic heterocycles. The van der Waals surface area contributed by atoms with E-state index in [0.29, 0.717) is 18.0 Å². The minimum absolute atomic E-state index is 0.0658. The average molecular weight is 381 g/mol. The van der Waals surface area contributed by atoms with Crippen LogP contribution >= 0.6 is 11.8 Å². The minimum atomic E-state index is -0.159. The Morgan fingerprint density at radius 1 is 1.00 bits per heavy atom. The zero-order valence-electron chi connectivity index (χ0n) is 14.8. The van der Waals surface area contributed by atoms with E-state index in [4.69, 9.17) is 4.52 Å². The van der Waals surface area contributed by atoms with Gasteiger partial charge in [0, 0.05) is 16.6 Å². The molecular weight excluding hydrogens is 362 g/mol. The van der Waals surface area contributed by atoms with E-state index in [-0.39, 0.29) is 17.6 Å². The summed E-state index contributed by atoms with van der Waals surface area (Å²) in [5, 5.41) is 9.27. The van der Waals surface area contributed by atoms with E-state index in [9.17, 15) is 9.59 Å². The first-order valence-electron chi connectivity index (χ1n) is 8.38. The molecule has 0 bridgehead atoms. The monoisotopic (exact) mass is 381 g/mol. The van der Waals surface area contributed by atoms with Crippen LogP contribution in [0.15, 0.2) is 70.1 Å². The molecule has 7 heteroatoms. The van der Waals surface area contributed by atoms with Gasteiger partial charge in [0.15, 0.2) is 5.82 Å². The van der Waals surface area contributed by atoms with Gasteiger partial charge in [0.25, 0.3) is 0 Å². The third kappa shape index (κ3) is 6.00. The highest BCUT2D eigenvalue weighted by Crippen LogP contribution is 2.21. The maximum absolute atomic E-state index is 12.1. The van der Waals surface area contributed by atoms with Crippen molar-refractivity contribution in [1.82, 2.24) is 5.16 Å². The summed E-state index contributed by atoms with van der Waals surface area (Å²) in [6, 6.07) is 18.6. The number of thioether (sulfide) groups is 1. The second-order valence-corrected chi connectivity index (χ2v) is 6.94. The third-order valence-electron chi connectivity index (χ3n) is 3.61. The highest BCUT2D eigenvalue weighted by Gasteiger charge is 2.08. The minimum Gasteiger partial charge on any atom is -0.360 e. The number of aryl methyl sites for hydroxylation is 1. The van der Waals surface area contributed by atoms with E-state index < -0.39 is 0 Å². The fraction of sp³-hybridized carbons (Fsp3) is 0.150. The second kappa shape index (κ2) is 9.05. The summed E-state index contributed by atoms with van der Waals surface area (Å²) in [7, 11) is 0. The van der Waals surface area contributed by atoms with Gasteiger partial charge in [-0.25, -0.2) is 0 Å². The number of benzene rings is 2. The van der Waals surface area contributed by atoms with Gasteiger partial charge in [0.2, 0.25) is 11.8 Å². The number of hydrogen-bond donors (Lipinski definition) is 2. The Bertz CT molecular complexity index is 908. The van der Waals surface area contributed by atoms with E-state index in [1.165, 1.54) is 11.8 Å². The van der Waals surface area contributed by atoms with Crippen LogP contribution in [0.5, 0.6) is 0 Å². The van der Waals surface area contributed by atoms with Gasteiger partial charge in [-0.3, -0.25) is 9.59 Å². The molecule has 0 atom stereocenters. The van der Waals surface area contributed by atoms with E-state index in [1.807, 2.05) is 54.6 Å². The molecule has 6 nitrogen and oxygen atoms in total. The molecule has 2 amide bonds. The third-order valence-corrected chi connectivity index (χ3v) is 4.62. The molecule has 1 heterocycles. The topological polar surface area (TPSA) is 84.2 Å². The standard InChI is InChI=1S/C20H19N3O3S/c1-14-11-18(23-26-14)22-20(25)13-27-17-9-7-16(8-10-17)21-19(24)12-15-5-3-2-4-6-15/h2-11H,12-13H2,1H3,(H,21,24)(H,22,23,25). The molecule has 2 N–H and O–H groups in total. The summed E-state index contributed by atoms with van der Waals surface area (Å²) in [6.45, 7) is 1.76. The van der Waals surface area contributed by atoms with Gasteiger partial charge in [0.1, 0.15) is 5.76 Å². The second-order valence-electron chi connectivity index (χ2n) is 5.89. The smallest absolute Gasteiger partial charge is 0.235 e. The lowest BCUT2D eigenvalue weighted by Crippen LogP contribution is -2.14. The van der Waals surface area contributed by atoms with Crippen molar-refractivity contribution in [2.45, 2.75) is 18.2 Å². The summed E-state index contributed by atoms with van der Waals surface area (Å²) in [6.07, 6.45) is 0.332.